The smallest absolute Gasteiger partial charge is 0.411 e. The summed E-state index contributed by atoms with van der Waals surface area (Å²) in [6.07, 6.45) is 0.618. The number of piperidine rings is 2. The van der Waals surface area contributed by atoms with Crippen LogP contribution in [-0.4, -0.2) is 52.8 Å². The Labute approximate surface area is 129 Å². The molecule has 0 aromatic carbocycles. The number of carboxylic acid groups (broad SMARTS) is 1. The molecule has 0 aromatic rings. The number of hydrogen-bond donors (Lipinski definition) is 1. The van der Waals surface area contributed by atoms with Gasteiger partial charge in [0.2, 0.25) is 0 Å². The van der Waals surface area contributed by atoms with Gasteiger partial charge in [0.1, 0.15) is 11.1 Å². The van der Waals surface area contributed by atoms with Gasteiger partial charge >= 0.3 is 18.0 Å². The second-order valence-electron chi connectivity index (χ2n) is 7.18. The number of nitrogens with zero attached hydrogens (tertiary/aromatic N) is 1. The molecule has 3 fully saturated rings. The Bertz CT molecular complexity index is 499. The van der Waals surface area contributed by atoms with Crippen molar-refractivity contribution in [3.8, 4) is 0 Å². The lowest BCUT2D eigenvalue weighted by Gasteiger charge is -2.55. The van der Waals surface area contributed by atoms with Gasteiger partial charge in [0.15, 0.2) is 0 Å². The van der Waals surface area contributed by atoms with Gasteiger partial charge in [-0.15, -0.1) is 0 Å². The topological polar surface area (TPSA) is 93.1 Å². The molecule has 7 nitrogen and oxygen atoms in total. The van der Waals surface area contributed by atoms with Gasteiger partial charge in [-0.2, -0.15) is 0 Å². The molecule has 2 aliphatic heterocycles. The number of carbonyl (C=O) groups is 3. The fourth-order valence-electron chi connectivity index (χ4n) is 3.37. The molecule has 0 aromatic heterocycles. The summed E-state index contributed by atoms with van der Waals surface area (Å²) in [6, 6.07) is 0. The van der Waals surface area contributed by atoms with Crippen molar-refractivity contribution in [2.24, 2.45) is 5.41 Å². The van der Waals surface area contributed by atoms with Gasteiger partial charge in [-0.05, 0) is 46.5 Å². The first-order chi connectivity index (χ1) is 10.1. The standard InChI is InChI=1S/C15H23NO6/c1-13(2,3)22-12(20)16-9-14(10(17)18)5-7-15(16,8-6-14)11(19)21-4/h5-9H2,1-4H3,(H,17,18). The molecule has 0 radical (unpaired) electrons. The monoisotopic (exact) mass is 313 g/mol. The summed E-state index contributed by atoms with van der Waals surface area (Å²) in [5.74, 6) is -1.43. The van der Waals surface area contributed by atoms with Crippen LogP contribution in [0.3, 0.4) is 0 Å². The quantitative estimate of drug-likeness (QED) is 0.781. The van der Waals surface area contributed by atoms with Gasteiger partial charge < -0.3 is 14.6 Å². The highest BCUT2D eigenvalue weighted by atomic mass is 16.6. The van der Waals surface area contributed by atoms with Crippen molar-refractivity contribution >= 4 is 18.0 Å². The van der Waals surface area contributed by atoms with E-state index in [1.54, 1.807) is 20.8 Å². The second-order valence-corrected chi connectivity index (χ2v) is 7.18. The average Bonchev–Trinajstić information content (AvgIpc) is 2.45. The summed E-state index contributed by atoms with van der Waals surface area (Å²) in [6.45, 7) is 5.16. The van der Waals surface area contributed by atoms with Crippen LogP contribution >= 0.6 is 0 Å². The molecule has 124 valence electrons. The van der Waals surface area contributed by atoms with E-state index in [1.165, 1.54) is 12.0 Å². The number of hydrogen-bond acceptors (Lipinski definition) is 5. The van der Waals surface area contributed by atoms with E-state index < -0.39 is 34.6 Å². The van der Waals surface area contributed by atoms with Crippen molar-refractivity contribution in [2.75, 3.05) is 13.7 Å². The molecule has 1 saturated carbocycles. The van der Waals surface area contributed by atoms with Crippen molar-refractivity contribution in [1.29, 1.82) is 0 Å². The minimum atomic E-state index is -1.10. The summed E-state index contributed by atoms with van der Waals surface area (Å²) in [5.41, 5.74) is -2.82. The molecule has 0 spiro atoms. The van der Waals surface area contributed by atoms with Crippen LogP contribution in [0.1, 0.15) is 46.5 Å². The Kier molecular flexibility index (Phi) is 3.87. The number of ether oxygens (including phenoxy) is 2. The van der Waals surface area contributed by atoms with Crippen LogP contribution in [0.15, 0.2) is 0 Å². The molecule has 7 heteroatoms. The van der Waals surface area contributed by atoms with Crippen LogP contribution in [0.4, 0.5) is 4.79 Å². The number of methoxy groups -OCH3 is 1. The van der Waals surface area contributed by atoms with Crippen LogP contribution in [0.25, 0.3) is 0 Å². The summed E-state index contributed by atoms with van der Waals surface area (Å²) in [7, 11) is 1.28. The van der Waals surface area contributed by atoms with E-state index in [2.05, 4.69) is 0 Å². The summed E-state index contributed by atoms with van der Waals surface area (Å²) in [5, 5.41) is 9.53. The molecule has 3 aliphatic rings. The number of esters is 1. The first-order valence-electron chi connectivity index (χ1n) is 7.39. The van der Waals surface area contributed by atoms with Crippen molar-refractivity contribution in [3.05, 3.63) is 0 Å². The highest BCUT2D eigenvalue weighted by Crippen LogP contribution is 2.51. The minimum Gasteiger partial charge on any atom is -0.481 e. The van der Waals surface area contributed by atoms with E-state index in [4.69, 9.17) is 9.47 Å². The zero-order chi connectivity index (χ0) is 16.8. The van der Waals surface area contributed by atoms with Gasteiger partial charge in [0.25, 0.3) is 0 Å². The minimum absolute atomic E-state index is 0.0215. The second kappa shape index (κ2) is 5.14. The van der Waals surface area contributed by atoms with E-state index in [-0.39, 0.29) is 19.4 Å². The average molecular weight is 313 g/mol. The van der Waals surface area contributed by atoms with Gasteiger partial charge in [-0.3, -0.25) is 9.69 Å². The number of carbonyl (C=O) groups excluding carboxylic acids is 2. The van der Waals surface area contributed by atoms with Crippen molar-refractivity contribution in [3.63, 3.8) is 0 Å². The number of rotatable bonds is 2. The molecular formula is C15H23NO6. The van der Waals surface area contributed by atoms with E-state index in [9.17, 15) is 19.5 Å². The molecular weight excluding hydrogens is 290 g/mol. The first kappa shape index (κ1) is 16.6. The van der Waals surface area contributed by atoms with Crippen LogP contribution in [0, 0.1) is 5.41 Å². The first-order valence-corrected chi connectivity index (χ1v) is 7.39. The Balaban J connectivity index is 2.36. The van der Waals surface area contributed by atoms with Crippen molar-refractivity contribution < 1.29 is 29.0 Å². The van der Waals surface area contributed by atoms with Gasteiger partial charge in [-0.25, -0.2) is 9.59 Å². The number of carboxylic acids is 1. The van der Waals surface area contributed by atoms with E-state index in [0.29, 0.717) is 12.8 Å². The number of amides is 1. The molecule has 2 saturated heterocycles. The van der Waals surface area contributed by atoms with Crippen LogP contribution < -0.4 is 0 Å². The highest BCUT2D eigenvalue weighted by Gasteiger charge is 2.62. The maximum atomic E-state index is 12.5. The fraction of sp³-hybridized carbons (Fsp3) is 0.800. The number of aliphatic carboxylic acids is 1. The summed E-state index contributed by atoms with van der Waals surface area (Å²) >= 11 is 0. The van der Waals surface area contributed by atoms with Crippen LogP contribution in [0.2, 0.25) is 0 Å². The molecule has 22 heavy (non-hydrogen) atoms. The maximum absolute atomic E-state index is 12.5. The normalized spacial score (nSPS) is 30.8. The zero-order valence-electron chi connectivity index (χ0n) is 13.5. The lowest BCUT2D eigenvalue weighted by molar-refractivity contribution is -0.180. The Morgan fingerprint density at radius 1 is 1.09 bits per heavy atom. The maximum Gasteiger partial charge on any atom is 0.411 e. The predicted molar refractivity (Wildman–Crippen MR) is 76.2 cm³/mol. The van der Waals surface area contributed by atoms with E-state index >= 15 is 0 Å². The van der Waals surface area contributed by atoms with Crippen LogP contribution in [0.5, 0.6) is 0 Å². The Morgan fingerprint density at radius 3 is 2.05 bits per heavy atom. The third-order valence-corrected chi connectivity index (χ3v) is 4.64. The molecule has 1 aliphatic carbocycles. The Morgan fingerprint density at radius 2 is 1.64 bits per heavy atom. The number of fused-ring (bicyclic) bond motifs is 3. The molecule has 2 heterocycles. The molecule has 1 amide bonds. The molecule has 3 rings (SSSR count). The molecule has 0 unspecified atom stereocenters. The third-order valence-electron chi connectivity index (χ3n) is 4.64. The molecule has 2 bridgehead atoms. The summed E-state index contributed by atoms with van der Waals surface area (Å²) in [4.78, 5) is 37.7. The van der Waals surface area contributed by atoms with Crippen molar-refractivity contribution in [2.45, 2.75) is 57.6 Å². The van der Waals surface area contributed by atoms with Gasteiger partial charge in [0.05, 0.1) is 12.5 Å². The predicted octanol–water partition coefficient (Wildman–Crippen LogP) is 1.79. The van der Waals surface area contributed by atoms with Gasteiger partial charge in [-0.1, -0.05) is 0 Å². The molecule has 0 atom stereocenters. The fourth-order valence-corrected chi connectivity index (χ4v) is 3.37. The Hall–Kier alpha value is -1.79. The van der Waals surface area contributed by atoms with E-state index in [1.807, 2.05) is 0 Å². The van der Waals surface area contributed by atoms with Gasteiger partial charge in [0, 0.05) is 6.54 Å². The third kappa shape index (κ3) is 2.53. The van der Waals surface area contributed by atoms with Crippen molar-refractivity contribution in [1.82, 2.24) is 4.90 Å². The molecule has 1 N–H and O–H groups in total. The zero-order valence-corrected chi connectivity index (χ0v) is 13.5. The highest BCUT2D eigenvalue weighted by molar-refractivity contribution is 5.88. The largest absolute Gasteiger partial charge is 0.481 e. The SMILES string of the molecule is COC(=O)C12CCC(C(=O)O)(CC1)CN2C(=O)OC(C)(C)C. The lowest BCUT2D eigenvalue weighted by atomic mass is 9.62. The lowest BCUT2D eigenvalue weighted by Crippen LogP contribution is -2.69. The van der Waals surface area contributed by atoms with E-state index in [0.717, 1.165) is 0 Å². The van der Waals surface area contributed by atoms with Crippen LogP contribution in [-0.2, 0) is 19.1 Å². The summed E-state index contributed by atoms with van der Waals surface area (Å²) < 4.78 is 10.2.